The monoisotopic (exact) mass is 324 g/mol. The van der Waals surface area contributed by atoms with Gasteiger partial charge in [-0.1, -0.05) is 0 Å². The SMILES string of the molecule is COc1ccc(S(=O)(=O)N2C[C@H](C3CC3)[C@@H](N(C)C)C2)cc1. The van der Waals surface area contributed by atoms with E-state index in [1.807, 2.05) is 14.1 Å². The van der Waals surface area contributed by atoms with Crippen molar-refractivity contribution < 1.29 is 13.2 Å². The molecule has 1 aliphatic carbocycles. The zero-order valence-corrected chi connectivity index (χ0v) is 14.2. The van der Waals surface area contributed by atoms with Gasteiger partial charge < -0.3 is 9.64 Å². The van der Waals surface area contributed by atoms with Gasteiger partial charge in [0.1, 0.15) is 5.75 Å². The van der Waals surface area contributed by atoms with Crippen LogP contribution in [-0.4, -0.2) is 58.0 Å². The molecule has 0 bridgehead atoms. The van der Waals surface area contributed by atoms with Gasteiger partial charge in [0.15, 0.2) is 0 Å². The minimum absolute atomic E-state index is 0.320. The van der Waals surface area contributed by atoms with Crippen molar-refractivity contribution in [1.29, 1.82) is 0 Å². The van der Waals surface area contributed by atoms with Crippen molar-refractivity contribution in [2.24, 2.45) is 11.8 Å². The zero-order chi connectivity index (χ0) is 15.9. The van der Waals surface area contributed by atoms with Gasteiger partial charge in [-0.3, -0.25) is 0 Å². The average molecular weight is 324 g/mol. The molecule has 1 aromatic rings. The summed E-state index contributed by atoms with van der Waals surface area (Å²) in [6.45, 7) is 1.23. The van der Waals surface area contributed by atoms with Crippen LogP contribution in [0, 0.1) is 11.8 Å². The fraction of sp³-hybridized carbons (Fsp3) is 0.625. The van der Waals surface area contributed by atoms with Crippen molar-refractivity contribution in [3.8, 4) is 5.75 Å². The van der Waals surface area contributed by atoms with Crippen LogP contribution < -0.4 is 4.74 Å². The number of hydrogen-bond acceptors (Lipinski definition) is 4. The van der Waals surface area contributed by atoms with Gasteiger partial charge in [0.2, 0.25) is 10.0 Å². The van der Waals surface area contributed by atoms with Crippen LogP contribution >= 0.6 is 0 Å². The number of methoxy groups -OCH3 is 1. The van der Waals surface area contributed by atoms with E-state index in [4.69, 9.17) is 4.74 Å². The number of nitrogens with zero attached hydrogens (tertiary/aromatic N) is 2. The molecule has 122 valence electrons. The number of hydrogen-bond donors (Lipinski definition) is 0. The van der Waals surface area contributed by atoms with Gasteiger partial charge in [-0.15, -0.1) is 0 Å². The molecule has 2 atom stereocenters. The molecule has 1 aromatic carbocycles. The zero-order valence-electron chi connectivity index (χ0n) is 13.4. The Kier molecular flexibility index (Phi) is 4.18. The molecule has 3 rings (SSSR count). The highest BCUT2D eigenvalue weighted by Crippen LogP contribution is 2.43. The molecular formula is C16H24N2O3S. The Hall–Kier alpha value is -1.11. The Labute approximate surface area is 132 Å². The standard InChI is InChI=1S/C16H24N2O3S/c1-17(2)16-11-18(10-15(16)12-4-5-12)22(19,20)14-8-6-13(21-3)7-9-14/h6-9,12,15-16H,4-5,10-11H2,1-3H3/t15-,16+/m1/s1. The summed E-state index contributed by atoms with van der Waals surface area (Å²) < 4.78 is 32.5. The Balaban J connectivity index is 1.82. The second-order valence-electron chi connectivity index (χ2n) is 6.53. The van der Waals surface area contributed by atoms with Crippen LogP contribution in [-0.2, 0) is 10.0 Å². The molecule has 0 radical (unpaired) electrons. The van der Waals surface area contributed by atoms with Gasteiger partial charge in [-0.2, -0.15) is 4.31 Å². The normalized spacial score (nSPS) is 26.5. The van der Waals surface area contributed by atoms with E-state index in [1.54, 1.807) is 35.7 Å². The summed E-state index contributed by atoms with van der Waals surface area (Å²) in [6, 6.07) is 6.97. The fourth-order valence-electron chi connectivity index (χ4n) is 3.40. The lowest BCUT2D eigenvalue weighted by atomic mass is 9.97. The molecule has 2 fully saturated rings. The Bertz CT molecular complexity index is 613. The largest absolute Gasteiger partial charge is 0.497 e. The van der Waals surface area contributed by atoms with Crippen LogP contribution in [0.1, 0.15) is 12.8 Å². The van der Waals surface area contributed by atoms with E-state index in [0.717, 1.165) is 0 Å². The summed E-state index contributed by atoms with van der Waals surface area (Å²) in [5, 5.41) is 0. The van der Waals surface area contributed by atoms with Crippen LogP contribution in [0.25, 0.3) is 0 Å². The molecule has 1 saturated carbocycles. The van der Waals surface area contributed by atoms with E-state index in [9.17, 15) is 8.42 Å². The summed E-state index contributed by atoms with van der Waals surface area (Å²) in [4.78, 5) is 2.52. The summed E-state index contributed by atoms with van der Waals surface area (Å²) in [7, 11) is 2.25. The molecule has 2 aliphatic rings. The predicted molar refractivity (Wildman–Crippen MR) is 85.4 cm³/mol. The average Bonchev–Trinajstić information content (AvgIpc) is 3.24. The highest BCUT2D eigenvalue weighted by atomic mass is 32.2. The van der Waals surface area contributed by atoms with Crippen molar-refractivity contribution in [1.82, 2.24) is 9.21 Å². The first kappa shape index (κ1) is 15.8. The minimum atomic E-state index is -3.42. The Morgan fingerprint density at radius 1 is 1.14 bits per heavy atom. The molecule has 5 nitrogen and oxygen atoms in total. The minimum Gasteiger partial charge on any atom is -0.497 e. The van der Waals surface area contributed by atoms with Gasteiger partial charge in [0.05, 0.1) is 12.0 Å². The van der Waals surface area contributed by atoms with Crippen molar-refractivity contribution >= 4 is 10.0 Å². The van der Waals surface area contributed by atoms with Gasteiger partial charge in [-0.25, -0.2) is 8.42 Å². The quantitative estimate of drug-likeness (QED) is 0.826. The topological polar surface area (TPSA) is 49.9 Å². The molecular weight excluding hydrogens is 300 g/mol. The number of likely N-dealkylation sites (N-methyl/N-ethyl adjacent to an activating group) is 1. The number of rotatable bonds is 5. The number of ether oxygens (including phenoxy) is 1. The van der Waals surface area contributed by atoms with Crippen molar-refractivity contribution in [3.63, 3.8) is 0 Å². The first-order valence-corrected chi connectivity index (χ1v) is 9.18. The molecule has 1 aliphatic heterocycles. The maximum atomic E-state index is 12.9. The fourth-order valence-corrected chi connectivity index (χ4v) is 4.90. The molecule has 0 unspecified atom stereocenters. The van der Waals surface area contributed by atoms with Crippen LogP contribution in [0.5, 0.6) is 5.75 Å². The van der Waals surface area contributed by atoms with E-state index >= 15 is 0 Å². The molecule has 1 saturated heterocycles. The molecule has 0 amide bonds. The highest BCUT2D eigenvalue weighted by molar-refractivity contribution is 7.89. The van der Waals surface area contributed by atoms with E-state index < -0.39 is 10.0 Å². The summed E-state index contributed by atoms with van der Waals surface area (Å²) >= 11 is 0. The lowest BCUT2D eigenvalue weighted by Crippen LogP contribution is -2.36. The van der Waals surface area contributed by atoms with Crippen LogP contribution in [0.3, 0.4) is 0 Å². The maximum absolute atomic E-state index is 12.9. The van der Waals surface area contributed by atoms with Gasteiger partial charge in [0.25, 0.3) is 0 Å². The van der Waals surface area contributed by atoms with Crippen molar-refractivity contribution in [2.45, 2.75) is 23.8 Å². The molecule has 1 heterocycles. The summed E-state index contributed by atoms with van der Waals surface area (Å²) in [5.74, 6) is 1.83. The second kappa shape index (κ2) is 5.83. The van der Waals surface area contributed by atoms with E-state index in [0.29, 0.717) is 41.6 Å². The molecule has 0 N–H and O–H groups in total. The van der Waals surface area contributed by atoms with Crippen molar-refractivity contribution in [2.75, 3.05) is 34.3 Å². The second-order valence-corrected chi connectivity index (χ2v) is 8.47. The van der Waals surface area contributed by atoms with Gasteiger partial charge >= 0.3 is 0 Å². The molecule has 22 heavy (non-hydrogen) atoms. The Morgan fingerprint density at radius 3 is 2.27 bits per heavy atom. The van der Waals surface area contributed by atoms with E-state index in [2.05, 4.69) is 4.90 Å². The van der Waals surface area contributed by atoms with E-state index in [-0.39, 0.29) is 0 Å². The summed E-state index contributed by atoms with van der Waals surface area (Å²) in [5.41, 5.74) is 0. The first-order chi connectivity index (χ1) is 10.4. The molecule has 0 aromatic heterocycles. The number of sulfonamides is 1. The lowest BCUT2D eigenvalue weighted by Gasteiger charge is -2.24. The van der Waals surface area contributed by atoms with Gasteiger partial charge in [0, 0.05) is 19.1 Å². The lowest BCUT2D eigenvalue weighted by molar-refractivity contribution is 0.237. The third kappa shape index (κ3) is 2.87. The maximum Gasteiger partial charge on any atom is 0.243 e. The van der Waals surface area contributed by atoms with Gasteiger partial charge in [-0.05, 0) is 63.0 Å². The van der Waals surface area contributed by atoms with Crippen LogP contribution in [0.15, 0.2) is 29.2 Å². The third-order valence-corrected chi connectivity index (χ3v) is 6.73. The van der Waals surface area contributed by atoms with Crippen molar-refractivity contribution in [3.05, 3.63) is 24.3 Å². The smallest absolute Gasteiger partial charge is 0.243 e. The predicted octanol–water partition coefficient (Wildman–Crippen LogP) is 1.66. The number of benzene rings is 1. The Morgan fingerprint density at radius 2 is 1.77 bits per heavy atom. The van der Waals surface area contributed by atoms with Crippen LogP contribution in [0.4, 0.5) is 0 Å². The third-order valence-electron chi connectivity index (χ3n) is 4.89. The first-order valence-electron chi connectivity index (χ1n) is 7.74. The summed E-state index contributed by atoms with van der Waals surface area (Å²) in [6.07, 6.45) is 2.48. The van der Waals surface area contributed by atoms with E-state index in [1.165, 1.54) is 12.8 Å². The van der Waals surface area contributed by atoms with Crippen LogP contribution in [0.2, 0.25) is 0 Å². The highest BCUT2D eigenvalue weighted by Gasteiger charge is 2.46. The molecule has 6 heteroatoms. The molecule has 0 spiro atoms.